The van der Waals surface area contributed by atoms with Gasteiger partial charge in [-0.25, -0.2) is 4.79 Å². The number of nitrogens with one attached hydrogen (secondary N) is 3. The first-order valence-corrected chi connectivity index (χ1v) is 5.43. The van der Waals surface area contributed by atoms with E-state index in [-0.39, 0.29) is 16.9 Å². The smallest absolute Gasteiger partial charge is 0.339 e. The van der Waals surface area contributed by atoms with E-state index in [1.54, 1.807) is 6.92 Å². The van der Waals surface area contributed by atoms with Gasteiger partial charge in [-0.3, -0.25) is 4.79 Å². The molecule has 0 aliphatic carbocycles. The van der Waals surface area contributed by atoms with Gasteiger partial charge in [0, 0.05) is 18.1 Å². The number of carboxylic acid groups (broad SMARTS) is 1. The van der Waals surface area contributed by atoms with Gasteiger partial charge in [0.15, 0.2) is 0 Å². The second kappa shape index (κ2) is 4.58. The minimum atomic E-state index is -1.10. The molecule has 2 aromatic heterocycles. The minimum Gasteiger partial charge on any atom is -0.478 e. The third-order valence-electron chi connectivity index (χ3n) is 2.43. The van der Waals surface area contributed by atoms with Gasteiger partial charge in [0.2, 0.25) is 0 Å². The van der Waals surface area contributed by atoms with Crippen LogP contribution in [0.15, 0.2) is 18.5 Å². The highest BCUT2D eigenvalue weighted by Crippen LogP contribution is 2.20. The van der Waals surface area contributed by atoms with E-state index in [2.05, 4.69) is 15.3 Å². The van der Waals surface area contributed by atoms with Gasteiger partial charge < -0.3 is 20.4 Å². The molecule has 0 saturated heterocycles. The van der Waals surface area contributed by atoms with Crippen molar-refractivity contribution in [3.8, 4) is 0 Å². The molecule has 4 N–H and O–H groups in total. The van der Waals surface area contributed by atoms with E-state index in [1.807, 2.05) is 0 Å². The monoisotopic (exact) mass is 267 g/mol. The van der Waals surface area contributed by atoms with Gasteiger partial charge in [-0.05, 0) is 13.0 Å². The molecule has 2 rings (SSSR count). The summed E-state index contributed by atoms with van der Waals surface area (Å²) in [6.07, 6.45) is 2.90. The van der Waals surface area contributed by atoms with Crippen LogP contribution < -0.4 is 5.32 Å². The van der Waals surface area contributed by atoms with Crippen molar-refractivity contribution in [3.05, 3.63) is 40.4 Å². The molecule has 0 aliphatic heterocycles. The lowest BCUT2D eigenvalue weighted by molar-refractivity contribution is 0.0697. The zero-order chi connectivity index (χ0) is 13.3. The highest BCUT2D eigenvalue weighted by Gasteiger charge is 2.18. The van der Waals surface area contributed by atoms with Crippen molar-refractivity contribution < 1.29 is 14.7 Å². The summed E-state index contributed by atoms with van der Waals surface area (Å²) in [4.78, 5) is 28.3. The lowest BCUT2D eigenvalue weighted by atomic mass is 10.2. The number of hydrogen-bond donors (Lipinski definition) is 4. The summed E-state index contributed by atoms with van der Waals surface area (Å²) in [7, 11) is 0. The Hall–Kier alpha value is -2.21. The summed E-state index contributed by atoms with van der Waals surface area (Å²) in [6.45, 7) is 1.62. The Bertz CT molecular complexity index is 615. The summed E-state index contributed by atoms with van der Waals surface area (Å²) < 4.78 is 0. The maximum Gasteiger partial charge on any atom is 0.339 e. The number of rotatable bonds is 3. The Morgan fingerprint density at radius 1 is 1.33 bits per heavy atom. The predicted molar refractivity (Wildman–Crippen MR) is 66.2 cm³/mol. The molecule has 0 aliphatic rings. The molecule has 2 heterocycles. The predicted octanol–water partition coefficient (Wildman–Crippen LogP) is 2.26. The van der Waals surface area contributed by atoms with Gasteiger partial charge in [0.05, 0.1) is 10.7 Å². The van der Waals surface area contributed by atoms with Crippen LogP contribution in [0, 0.1) is 6.92 Å². The number of carbonyl (C=O) groups excluding carboxylic acids is 1. The molecule has 0 aromatic carbocycles. The molecule has 7 heteroatoms. The maximum atomic E-state index is 11.8. The molecule has 6 nitrogen and oxygen atoms in total. The fourth-order valence-electron chi connectivity index (χ4n) is 1.59. The number of aryl methyl sites for hydroxylation is 1. The van der Waals surface area contributed by atoms with Crippen molar-refractivity contribution in [2.45, 2.75) is 6.92 Å². The molecule has 0 saturated carbocycles. The standard InChI is InChI=1S/C11H10ClN3O3/c1-5-9(11(17)18)8(4-13-5)15-10(16)7-2-6(12)3-14-7/h2-4,13-14H,1H3,(H,15,16)(H,17,18). The second-order valence-electron chi connectivity index (χ2n) is 3.69. The quantitative estimate of drug-likeness (QED) is 0.686. The van der Waals surface area contributed by atoms with Crippen molar-refractivity contribution in [1.29, 1.82) is 0 Å². The van der Waals surface area contributed by atoms with Crippen LogP contribution in [0.3, 0.4) is 0 Å². The molecule has 0 bridgehead atoms. The van der Waals surface area contributed by atoms with Crippen molar-refractivity contribution >= 4 is 29.2 Å². The van der Waals surface area contributed by atoms with Crippen LogP contribution in [0.5, 0.6) is 0 Å². The SMILES string of the molecule is Cc1[nH]cc(NC(=O)c2cc(Cl)c[nH]2)c1C(=O)O. The van der Waals surface area contributed by atoms with Crippen LogP contribution in [0.25, 0.3) is 0 Å². The highest BCUT2D eigenvalue weighted by atomic mass is 35.5. The summed E-state index contributed by atoms with van der Waals surface area (Å²) in [5, 5.41) is 11.9. The van der Waals surface area contributed by atoms with Gasteiger partial charge in [0.1, 0.15) is 11.3 Å². The molecular formula is C11H10ClN3O3. The Labute approximate surface area is 107 Å². The highest BCUT2D eigenvalue weighted by molar-refractivity contribution is 6.31. The third-order valence-corrected chi connectivity index (χ3v) is 2.65. The molecule has 0 radical (unpaired) electrons. The van der Waals surface area contributed by atoms with Crippen molar-refractivity contribution in [1.82, 2.24) is 9.97 Å². The maximum absolute atomic E-state index is 11.8. The molecule has 1 amide bonds. The second-order valence-corrected chi connectivity index (χ2v) is 4.13. The van der Waals surface area contributed by atoms with E-state index < -0.39 is 11.9 Å². The molecule has 0 fully saturated rings. The number of anilines is 1. The molecule has 0 spiro atoms. The zero-order valence-electron chi connectivity index (χ0n) is 9.37. The summed E-state index contributed by atoms with van der Waals surface area (Å²) in [5.41, 5.74) is 0.995. The Kier molecular flexibility index (Phi) is 3.12. The molecule has 18 heavy (non-hydrogen) atoms. The number of aromatic nitrogens is 2. The molecule has 94 valence electrons. The van der Waals surface area contributed by atoms with E-state index in [9.17, 15) is 9.59 Å². The van der Waals surface area contributed by atoms with Crippen molar-refractivity contribution in [2.24, 2.45) is 0 Å². The van der Waals surface area contributed by atoms with Crippen LogP contribution in [0.2, 0.25) is 5.02 Å². The number of carboxylic acids is 1. The molecule has 2 aromatic rings. The fourth-order valence-corrected chi connectivity index (χ4v) is 1.75. The first-order valence-electron chi connectivity index (χ1n) is 5.05. The summed E-state index contributed by atoms with van der Waals surface area (Å²) in [5.74, 6) is -1.56. The van der Waals surface area contributed by atoms with E-state index in [1.165, 1.54) is 18.5 Å². The Morgan fingerprint density at radius 2 is 2.06 bits per heavy atom. The number of amides is 1. The van der Waals surface area contributed by atoms with Crippen molar-refractivity contribution in [2.75, 3.05) is 5.32 Å². The number of halogens is 1. The van der Waals surface area contributed by atoms with Crippen LogP contribution >= 0.6 is 11.6 Å². The largest absolute Gasteiger partial charge is 0.478 e. The molecular weight excluding hydrogens is 258 g/mol. The summed E-state index contributed by atoms with van der Waals surface area (Å²) in [6, 6.07) is 1.46. The number of aromatic amines is 2. The van der Waals surface area contributed by atoms with E-state index >= 15 is 0 Å². The lowest BCUT2D eigenvalue weighted by Crippen LogP contribution is -2.14. The first-order chi connectivity index (χ1) is 8.49. The Balaban J connectivity index is 2.25. The van der Waals surface area contributed by atoms with Crippen LogP contribution in [-0.2, 0) is 0 Å². The van der Waals surface area contributed by atoms with Gasteiger partial charge in [0.25, 0.3) is 5.91 Å². The van der Waals surface area contributed by atoms with Gasteiger partial charge in [-0.15, -0.1) is 0 Å². The van der Waals surface area contributed by atoms with E-state index in [4.69, 9.17) is 16.7 Å². The molecule has 0 atom stereocenters. The Morgan fingerprint density at radius 3 is 2.61 bits per heavy atom. The fraction of sp³-hybridized carbons (Fsp3) is 0.0909. The number of aromatic carboxylic acids is 1. The van der Waals surface area contributed by atoms with E-state index in [0.29, 0.717) is 10.7 Å². The average molecular weight is 268 g/mol. The lowest BCUT2D eigenvalue weighted by Gasteiger charge is -2.03. The number of carbonyl (C=O) groups is 2. The molecule has 0 unspecified atom stereocenters. The average Bonchev–Trinajstić information content (AvgIpc) is 2.85. The minimum absolute atomic E-state index is 0.0426. The summed E-state index contributed by atoms with van der Waals surface area (Å²) >= 11 is 5.68. The normalized spacial score (nSPS) is 10.3. The van der Waals surface area contributed by atoms with Crippen LogP contribution in [-0.4, -0.2) is 27.0 Å². The van der Waals surface area contributed by atoms with Gasteiger partial charge in [-0.1, -0.05) is 11.6 Å². The first kappa shape index (κ1) is 12.3. The van der Waals surface area contributed by atoms with E-state index in [0.717, 1.165) is 0 Å². The number of H-pyrrole nitrogens is 2. The zero-order valence-corrected chi connectivity index (χ0v) is 10.1. The topological polar surface area (TPSA) is 98.0 Å². The number of hydrogen-bond acceptors (Lipinski definition) is 2. The van der Waals surface area contributed by atoms with Crippen molar-refractivity contribution in [3.63, 3.8) is 0 Å². The van der Waals surface area contributed by atoms with Gasteiger partial charge >= 0.3 is 5.97 Å². The third kappa shape index (κ3) is 2.23. The van der Waals surface area contributed by atoms with Gasteiger partial charge in [-0.2, -0.15) is 0 Å². The van der Waals surface area contributed by atoms with Crippen LogP contribution in [0.1, 0.15) is 26.5 Å². The van der Waals surface area contributed by atoms with Crippen LogP contribution in [0.4, 0.5) is 5.69 Å².